The summed E-state index contributed by atoms with van der Waals surface area (Å²) < 4.78 is 0. The van der Waals surface area contributed by atoms with Crippen molar-refractivity contribution in [3.63, 3.8) is 0 Å². The van der Waals surface area contributed by atoms with E-state index in [1.165, 1.54) is 0 Å². The molecule has 0 fully saturated rings. The molecule has 2 atom stereocenters. The average Bonchev–Trinajstić information content (AvgIpc) is 2.50. The predicted octanol–water partition coefficient (Wildman–Crippen LogP) is 2.47. The van der Waals surface area contributed by atoms with Gasteiger partial charge in [0.2, 0.25) is 5.91 Å². The zero-order chi connectivity index (χ0) is 15.4. The lowest BCUT2D eigenvalue weighted by molar-refractivity contribution is -0.120. The molecule has 0 heterocycles. The van der Waals surface area contributed by atoms with Crippen LogP contribution in [0, 0.1) is 5.92 Å². The molecule has 0 aliphatic rings. The van der Waals surface area contributed by atoms with Crippen LogP contribution in [0.1, 0.15) is 30.6 Å². The first-order chi connectivity index (χ1) is 10.0. The molecular weight excluding hydrogens is 264 g/mol. The van der Waals surface area contributed by atoms with E-state index >= 15 is 0 Å². The molecule has 2 rings (SSSR count). The van der Waals surface area contributed by atoms with Gasteiger partial charge in [-0.2, -0.15) is 0 Å². The van der Waals surface area contributed by atoms with Gasteiger partial charge < -0.3 is 11.1 Å². The monoisotopic (exact) mass is 284 g/mol. The number of hydrogen-bond donors (Lipinski definition) is 2. The summed E-state index contributed by atoms with van der Waals surface area (Å²) >= 11 is 0. The molecular formula is C17H20N2O2. The van der Waals surface area contributed by atoms with Crippen molar-refractivity contribution in [2.75, 3.05) is 0 Å². The van der Waals surface area contributed by atoms with Crippen LogP contribution in [0.3, 0.4) is 0 Å². The SMILES string of the molecule is CC[C@H](C)[C@@H](NC(=O)c1cccc2ccccc12)C(N)=O. The Morgan fingerprint density at radius 2 is 1.81 bits per heavy atom. The molecule has 2 aromatic rings. The number of benzene rings is 2. The van der Waals surface area contributed by atoms with Crippen LogP contribution in [0.4, 0.5) is 0 Å². The summed E-state index contributed by atoms with van der Waals surface area (Å²) in [5, 5.41) is 4.62. The zero-order valence-electron chi connectivity index (χ0n) is 12.3. The average molecular weight is 284 g/mol. The first-order valence-corrected chi connectivity index (χ1v) is 7.12. The van der Waals surface area contributed by atoms with Crippen LogP contribution >= 0.6 is 0 Å². The smallest absolute Gasteiger partial charge is 0.252 e. The van der Waals surface area contributed by atoms with E-state index in [-0.39, 0.29) is 11.8 Å². The fraction of sp³-hybridized carbons (Fsp3) is 0.294. The first-order valence-electron chi connectivity index (χ1n) is 7.12. The van der Waals surface area contributed by atoms with Gasteiger partial charge in [0.05, 0.1) is 0 Å². The summed E-state index contributed by atoms with van der Waals surface area (Å²) in [6, 6.07) is 12.5. The summed E-state index contributed by atoms with van der Waals surface area (Å²) in [6.07, 6.45) is 0.767. The fourth-order valence-electron chi connectivity index (χ4n) is 2.37. The Bertz CT molecular complexity index is 661. The Hall–Kier alpha value is -2.36. The van der Waals surface area contributed by atoms with Crippen LogP contribution in [0.15, 0.2) is 42.5 Å². The fourth-order valence-corrected chi connectivity index (χ4v) is 2.37. The maximum absolute atomic E-state index is 12.5. The van der Waals surface area contributed by atoms with Gasteiger partial charge in [0, 0.05) is 5.56 Å². The second-order valence-electron chi connectivity index (χ2n) is 5.27. The van der Waals surface area contributed by atoms with Gasteiger partial charge in [-0.05, 0) is 22.8 Å². The Balaban J connectivity index is 2.32. The minimum Gasteiger partial charge on any atom is -0.368 e. The molecule has 0 aromatic heterocycles. The Labute approximate surface area is 124 Å². The quantitative estimate of drug-likeness (QED) is 0.885. The maximum atomic E-state index is 12.5. The van der Waals surface area contributed by atoms with E-state index in [1.807, 2.05) is 50.2 Å². The molecule has 0 saturated heterocycles. The van der Waals surface area contributed by atoms with Gasteiger partial charge in [0.1, 0.15) is 6.04 Å². The number of carbonyl (C=O) groups excluding carboxylic acids is 2. The summed E-state index contributed by atoms with van der Waals surface area (Å²) in [5.74, 6) is -0.768. The van der Waals surface area contributed by atoms with Crippen molar-refractivity contribution in [2.24, 2.45) is 11.7 Å². The number of primary amides is 1. The first kappa shape index (κ1) is 15.0. The summed E-state index contributed by atoms with van der Waals surface area (Å²) in [7, 11) is 0. The summed E-state index contributed by atoms with van der Waals surface area (Å²) in [4.78, 5) is 24.0. The zero-order valence-corrected chi connectivity index (χ0v) is 12.3. The van der Waals surface area contributed by atoms with E-state index in [2.05, 4.69) is 5.32 Å². The van der Waals surface area contributed by atoms with E-state index < -0.39 is 11.9 Å². The van der Waals surface area contributed by atoms with E-state index in [0.29, 0.717) is 5.56 Å². The minimum atomic E-state index is -0.651. The van der Waals surface area contributed by atoms with Gasteiger partial charge >= 0.3 is 0 Å². The van der Waals surface area contributed by atoms with Gasteiger partial charge in [0.15, 0.2) is 0 Å². The summed E-state index contributed by atoms with van der Waals surface area (Å²) in [5.41, 5.74) is 5.96. The van der Waals surface area contributed by atoms with Crippen LogP contribution in [0.2, 0.25) is 0 Å². The lowest BCUT2D eigenvalue weighted by atomic mass is 9.97. The number of amides is 2. The van der Waals surface area contributed by atoms with E-state index in [1.54, 1.807) is 6.07 Å². The van der Waals surface area contributed by atoms with Gasteiger partial charge in [-0.1, -0.05) is 56.7 Å². The molecule has 4 heteroatoms. The Kier molecular flexibility index (Phi) is 4.58. The molecule has 4 nitrogen and oxygen atoms in total. The van der Waals surface area contributed by atoms with Gasteiger partial charge in [-0.3, -0.25) is 9.59 Å². The third kappa shape index (κ3) is 3.21. The van der Waals surface area contributed by atoms with E-state index in [9.17, 15) is 9.59 Å². The minimum absolute atomic E-state index is 0.00132. The largest absolute Gasteiger partial charge is 0.368 e. The molecule has 2 aromatic carbocycles. The molecule has 3 N–H and O–H groups in total. The molecule has 110 valence electrons. The second-order valence-corrected chi connectivity index (χ2v) is 5.27. The highest BCUT2D eigenvalue weighted by Crippen LogP contribution is 2.19. The van der Waals surface area contributed by atoms with Crippen LogP contribution < -0.4 is 11.1 Å². The van der Waals surface area contributed by atoms with Crippen LogP contribution in [0.5, 0.6) is 0 Å². The lowest BCUT2D eigenvalue weighted by Gasteiger charge is -2.21. The van der Waals surface area contributed by atoms with Crippen molar-refractivity contribution in [1.29, 1.82) is 0 Å². The molecule has 0 aliphatic heterocycles. The number of carbonyl (C=O) groups is 2. The Morgan fingerprint density at radius 1 is 1.14 bits per heavy atom. The molecule has 0 aliphatic carbocycles. The van der Waals surface area contributed by atoms with Crippen molar-refractivity contribution in [3.05, 3.63) is 48.0 Å². The number of rotatable bonds is 5. The molecule has 21 heavy (non-hydrogen) atoms. The normalized spacial score (nSPS) is 13.6. The highest BCUT2D eigenvalue weighted by Gasteiger charge is 2.24. The third-order valence-electron chi connectivity index (χ3n) is 3.84. The van der Waals surface area contributed by atoms with Crippen LogP contribution in [0.25, 0.3) is 10.8 Å². The third-order valence-corrected chi connectivity index (χ3v) is 3.84. The van der Waals surface area contributed by atoms with E-state index in [0.717, 1.165) is 17.2 Å². The van der Waals surface area contributed by atoms with Crippen molar-refractivity contribution in [1.82, 2.24) is 5.32 Å². The standard InChI is InChI=1S/C17H20N2O2/c1-3-11(2)15(16(18)20)19-17(21)14-10-6-8-12-7-4-5-9-13(12)14/h4-11,15H,3H2,1-2H3,(H2,18,20)(H,19,21)/t11-,15+/m0/s1. The van der Waals surface area contributed by atoms with Gasteiger partial charge in [-0.25, -0.2) is 0 Å². The lowest BCUT2D eigenvalue weighted by Crippen LogP contribution is -2.48. The van der Waals surface area contributed by atoms with Crippen molar-refractivity contribution < 1.29 is 9.59 Å². The van der Waals surface area contributed by atoms with E-state index in [4.69, 9.17) is 5.73 Å². The van der Waals surface area contributed by atoms with Crippen molar-refractivity contribution >= 4 is 22.6 Å². The van der Waals surface area contributed by atoms with Crippen molar-refractivity contribution in [3.8, 4) is 0 Å². The van der Waals surface area contributed by atoms with Crippen LogP contribution in [-0.2, 0) is 4.79 Å². The van der Waals surface area contributed by atoms with Gasteiger partial charge in [0.25, 0.3) is 5.91 Å². The number of hydrogen-bond acceptors (Lipinski definition) is 2. The number of nitrogens with two attached hydrogens (primary N) is 1. The maximum Gasteiger partial charge on any atom is 0.252 e. The van der Waals surface area contributed by atoms with Crippen molar-refractivity contribution in [2.45, 2.75) is 26.3 Å². The molecule has 0 radical (unpaired) electrons. The number of fused-ring (bicyclic) bond motifs is 1. The molecule has 0 unspecified atom stereocenters. The molecule has 2 amide bonds. The molecule has 0 bridgehead atoms. The highest BCUT2D eigenvalue weighted by molar-refractivity contribution is 6.08. The highest BCUT2D eigenvalue weighted by atomic mass is 16.2. The topological polar surface area (TPSA) is 72.2 Å². The van der Waals surface area contributed by atoms with Gasteiger partial charge in [-0.15, -0.1) is 0 Å². The predicted molar refractivity (Wildman–Crippen MR) is 83.9 cm³/mol. The summed E-state index contributed by atoms with van der Waals surface area (Å²) in [6.45, 7) is 3.86. The van der Waals surface area contributed by atoms with Crippen LogP contribution in [-0.4, -0.2) is 17.9 Å². The Morgan fingerprint density at radius 3 is 2.48 bits per heavy atom. The number of nitrogens with one attached hydrogen (secondary N) is 1. The molecule has 0 saturated carbocycles. The molecule has 0 spiro atoms. The second kappa shape index (κ2) is 6.39.